The molecule has 6 aliphatic rings. The number of carbonyl (C=O) groups excluding carboxylic acids is 3. The van der Waals surface area contributed by atoms with E-state index in [4.69, 9.17) is 0 Å². The minimum Gasteiger partial charge on any atom is -0.480 e. The number of nitrogens with zero attached hydrogens (tertiary/aromatic N) is 1. The molecule has 1 heterocycles. The molecule has 1 saturated heterocycles. The quantitative estimate of drug-likeness (QED) is 0.418. The third-order valence-corrected chi connectivity index (χ3v) is 12.3. The predicted molar refractivity (Wildman–Crippen MR) is 145 cm³/mol. The number of likely N-dealkylation sites (tertiary alicyclic amines) is 1. The van der Waals surface area contributed by atoms with Gasteiger partial charge in [0, 0.05) is 29.8 Å². The number of aliphatic hydroxyl groups is 2. The van der Waals surface area contributed by atoms with Crippen LogP contribution in [0.3, 0.4) is 0 Å². The van der Waals surface area contributed by atoms with Gasteiger partial charge in [0.2, 0.25) is 0 Å². The summed E-state index contributed by atoms with van der Waals surface area (Å²) in [4.78, 5) is 53.8. The summed E-state index contributed by atoms with van der Waals surface area (Å²) in [6.45, 7) is 3.26. The van der Waals surface area contributed by atoms with Gasteiger partial charge in [-0.15, -0.1) is 0 Å². The number of nitrogens with one attached hydrogen (secondary N) is 1. The van der Waals surface area contributed by atoms with Crippen LogP contribution in [-0.4, -0.2) is 75.1 Å². The molecule has 0 bridgehead atoms. The number of hydrogen-bond acceptors (Lipinski definition) is 6. The fourth-order valence-corrected chi connectivity index (χ4v) is 10.6. The maximum absolute atomic E-state index is 13.9. The van der Waals surface area contributed by atoms with Gasteiger partial charge in [0.25, 0.3) is 0 Å². The summed E-state index contributed by atoms with van der Waals surface area (Å²) < 4.78 is 0. The molecule has 2 amide bonds. The highest BCUT2D eigenvalue weighted by atomic mass is 16.4. The molecule has 1 unspecified atom stereocenters. The second-order valence-electron chi connectivity index (χ2n) is 13.8. The Morgan fingerprint density at radius 1 is 1.10 bits per heavy atom. The number of amides is 2. The van der Waals surface area contributed by atoms with Crippen LogP contribution in [0.1, 0.15) is 71.6 Å². The van der Waals surface area contributed by atoms with Crippen LogP contribution in [0.5, 0.6) is 0 Å². The molecule has 9 atom stereocenters. The fourth-order valence-electron chi connectivity index (χ4n) is 10.6. The van der Waals surface area contributed by atoms with E-state index >= 15 is 0 Å². The van der Waals surface area contributed by atoms with Crippen LogP contribution in [0.15, 0.2) is 23.8 Å². The van der Waals surface area contributed by atoms with E-state index in [-0.39, 0.29) is 42.5 Å². The third kappa shape index (κ3) is 3.65. The molecule has 0 aromatic rings. The molecule has 0 radical (unpaired) electrons. The molecule has 9 heteroatoms. The van der Waals surface area contributed by atoms with Gasteiger partial charge in [0.05, 0.1) is 11.5 Å². The van der Waals surface area contributed by atoms with Gasteiger partial charge in [-0.05, 0) is 67.9 Å². The van der Waals surface area contributed by atoms with E-state index in [9.17, 15) is 34.5 Å². The first kappa shape index (κ1) is 27.6. The van der Waals surface area contributed by atoms with Crippen molar-refractivity contribution in [2.75, 3.05) is 13.2 Å². The van der Waals surface area contributed by atoms with E-state index in [1.807, 2.05) is 13.0 Å². The van der Waals surface area contributed by atoms with Crippen LogP contribution in [-0.2, 0) is 14.4 Å². The average molecular weight is 555 g/mol. The summed E-state index contributed by atoms with van der Waals surface area (Å²) in [5, 5.41) is 35.6. The van der Waals surface area contributed by atoms with Gasteiger partial charge in [-0.1, -0.05) is 44.8 Å². The zero-order valence-corrected chi connectivity index (χ0v) is 23.5. The van der Waals surface area contributed by atoms with Crippen molar-refractivity contribution >= 4 is 23.6 Å². The van der Waals surface area contributed by atoms with Crippen molar-refractivity contribution in [2.45, 2.75) is 89.8 Å². The van der Waals surface area contributed by atoms with Crippen molar-refractivity contribution in [3.8, 4) is 0 Å². The number of carboxylic acid groups (broad SMARTS) is 1. The zero-order valence-electron chi connectivity index (χ0n) is 23.5. The number of carbonyl (C=O) groups is 4. The Morgan fingerprint density at radius 2 is 1.82 bits per heavy atom. The van der Waals surface area contributed by atoms with Crippen LogP contribution < -0.4 is 5.32 Å². The van der Waals surface area contributed by atoms with E-state index in [0.29, 0.717) is 12.8 Å². The topological polar surface area (TPSA) is 144 Å². The molecule has 4 saturated carbocycles. The van der Waals surface area contributed by atoms with Crippen molar-refractivity contribution < 1.29 is 34.5 Å². The van der Waals surface area contributed by atoms with Crippen LogP contribution in [0, 0.1) is 39.9 Å². The SMILES string of the molecule is C[C@]12C=CC(=O)C=C1CC[C@@H]1[C@@H]2[C@@H](O)C[C@@]2(C)[C@H]1C[C@H]1C(C(=O)O)N(C(=O)NC3CCCCC3)C[C@]12C(=O)CO. The van der Waals surface area contributed by atoms with Crippen LogP contribution in [0.4, 0.5) is 4.79 Å². The molecule has 0 aromatic carbocycles. The van der Waals surface area contributed by atoms with Crippen molar-refractivity contribution in [3.63, 3.8) is 0 Å². The van der Waals surface area contributed by atoms with E-state index in [1.165, 1.54) is 4.90 Å². The van der Waals surface area contributed by atoms with E-state index < -0.39 is 58.7 Å². The molecule has 1 aliphatic heterocycles. The largest absolute Gasteiger partial charge is 0.480 e. The van der Waals surface area contributed by atoms with Gasteiger partial charge in [0.1, 0.15) is 12.6 Å². The average Bonchev–Trinajstić information content (AvgIpc) is 3.39. The van der Waals surface area contributed by atoms with Gasteiger partial charge < -0.3 is 25.5 Å². The lowest BCUT2D eigenvalue weighted by Crippen LogP contribution is -2.61. The Balaban J connectivity index is 1.38. The molecule has 9 nitrogen and oxygen atoms in total. The zero-order chi connectivity index (χ0) is 28.6. The number of rotatable bonds is 4. The van der Waals surface area contributed by atoms with Gasteiger partial charge in [-0.25, -0.2) is 9.59 Å². The Bertz CT molecular complexity index is 1190. The van der Waals surface area contributed by atoms with Gasteiger partial charge in [-0.2, -0.15) is 0 Å². The number of allylic oxidation sites excluding steroid dienone is 4. The molecule has 4 N–H and O–H groups in total. The molecule has 40 heavy (non-hydrogen) atoms. The normalized spacial score (nSPS) is 44.2. The standard InChI is InChI=1S/C31H42N2O7/c1-29-11-10-19(35)12-17(29)8-9-20-21-13-22-26(27(38)39)33(28(40)32-18-6-4-3-5-7-18)16-31(22,24(37)15-34)30(21,2)14-23(36)25(20)29/h10-12,18,20-23,25-26,34,36H,3-9,13-16H2,1-2H3,(H,32,40)(H,38,39)/t20-,21-,22-,23-,25+,26?,29-,30-,31+/m0/s1. The number of hydrogen-bond donors (Lipinski definition) is 4. The summed E-state index contributed by atoms with van der Waals surface area (Å²) in [5.41, 5.74) is -1.52. The lowest BCUT2D eigenvalue weighted by atomic mass is 9.44. The summed E-state index contributed by atoms with van der Waals surface area (Å²) in [7, 11) is 0. The Kier molecular flexibility index (Phi) is 6.57. The monoisotopic (exact) mass is 554 g/mol. The molecular formula is C31H42N2O7. The third-order valence-electron chi connectivity index (χ3n) is 12.3. The number of aliphatic hydroxyl groups excluding tert-OH is 2. The maximum Gasteiger partial charge on any atom is 0.326 e. The molecular weight excluding hydrogens is 512 g/mol. The molecule has 5 aliphatic carbocycles. The fraction of sp³-hybridized carbons (Fsp3) is 0.742. The van der Waals surface area contributed by atoms with Gasteiger partial charge in [-0.3, -0.25) is 9.59 Å². The van der Waals surface area contributed by atoms with Gasteiger partial charge in [0.15, 0.2) is 11.6 Å². The summed E-state index contributed by atoms with van der Waals surface area (Å²) in [6.07, 6.45) is 11.4. The first-order valence-corrected chi connectivity index (χ1v) is 15.0. The maximum atomic E-state index is 13.9. The van der Waals surface area contributed by atoms with E-state index in [2.05, 4.69) is 12.2 Å². The van der Waals surface area contributed by atoms with Crippen LogP contribution in [0.2, 0.25) is 0 Å². The number of Topliss-reactive ketones (excluding diaryl/α,β-unsaturated/α-hetero) is 1. The van der Waals surface area contributed by atoms with Gasteiger partial charge >= 0.3 is 12.0 Å². The summed E-state index contributed by atoms with van der Waals surface area (Å²) in [6, 6.07) is -1.65. The summed E-state index contributed by atoms with van der Waals surface area (Å²) in [5.74, 6) is -2.47. The smallest absolute Gasteiger partial charge is 0.326 e. The van der Waals surface area contributed by atoms with Crippen molar-refractivity contribution in [3.05, 3.63) is 23.8 Å². The number of ketones is 2. The minimum absolute atomic E-state index is 0.0121. The first-order chi connectivity index (χ1) is 19.0. The first-order valence-electron chi connectivity index (χ1n) is 15.0. The van der Waals surface area contributed by atoms with Crippen molar-refractivity contribution in [1.82, 2.24) is 10.2 Å². The van der Waals surface area contributed by atoms with Crippen molar-refractivity contribution in [1.29, 1.82) is 0 Å². The lowest BCUT2D eigenvalue weighted by molar-refractivity contribution is -0.158. The molecule has 6 rings (SSSR count). The van der Waals surface area contributed by atoms with Crippen LogP contribution >= 0.6 is 0 Å². The van der Waals surface area contributed by atoms with E-state index in [1.54, 1.807) is 12.2 Å². The highest BCUT2D eigenvalue weighted by molar-refractivity contribution is 6.01. The number of carboxylic acids is 1. The Hall–Kier alpha value is -2.52. The lowest BCUT2D eigenvalue weighted by Gasteiger charge is -2.60. The molecule has 0 aromatic heterocycles. The molecule has 218 valence electrons. The summed E-state index contributed by atoms with van der Waals surface area (Å²) >= 11 is 0. The molecule has 5 fully saturated rings. The predicted octanol–water partition coefficient (Wildman–Crippen LogP) is 2.85. The number of urea groups is 1. The molecule has 0 spiro atoms. The second kappa shape index (κ2) is 9.51. The Labute approximate surface area is 235 Å². The Morgan fingerprint density at radius 3 is 2.50 bits per heavy atom. The van der Waals surface area contributed by atoms with E-state index in [0.717, 1.165) is 44.1 Å². The van der Waals surface area contributed by atoms with Crippen molar-refractivity contribution in [2.24, 2.45) is 39.9 Å². The minimum atomic E-state index is -1.26. The number of aliphatic carboxylic acids is 1. The highest BCUT2D eigenvalue weighted by Crippen LogP contribution is 2.73. The van der Waals surface area contributed by atoms with Crippen LogP contribution in [0.25, 0.3) is 0 Å². The highest BCUT2D eigenvalue weighted by Gasteiger charge is 2.76. The number of fused-ring (bicyclic) bond motifs is 7. The second-order valence-corrected chi connectivity index (χ2v) is 13.8.